The quantitative estimate of drug-likeness (QED) is 0.582. The van der Waals surface area contributed by atoms with Crippen molar-refractivity contribution in [3.05, 3.63) is 51.6 Å². The Morgan fingerprint density at radius 3 is 2.42 bits per heavy atom. The summed E-state index contributed by atoms with van der Waals surface area (Å²) in [5.74, 6) is -1.40. The van der Waals surface area contributed by atoms with E-state index < -0.39 is 18.0 Å². The standard InChI is InChI=1S/C21H22Cl2N2O6/c1-12-8-16(22)19(17(23)9-12)31-7-6-30-18-3-2-13(10-24-18)14-4-5-25(21(28)29)11-15(14)20(26)27/h2-3,8-10,14-15H,4-7,11H2,1H3,(H,26,27)(H,28,29)/t14-,15+/m1/s1. The third-order valence-electron chi connectivity index (χ3n) is 5.11. The van der Waals surface area contributed by atoms with Gasteiger partial charge in [-0.3, -0.25) is 4.79 Å². The fourth-order valence-corrected chi connectivity index (χ4v) is 4.29. The van der Waals surface area contributed by atoms with Gasteiger partial charge in [0.05, 0.1) is 16.0 Å². The summed E-state index contributed by atoms with van der Waals surface area (Å²) in [6.45, 7) is 2.54. The topological polar surface area (TPSA) is 109 Å². The highest BCUT2D eigenvalue weighted by Crippen LogP contribution is 2.35. The van der Waals surface area contributed by atoms with Crippen LogP contribution in [0.15, 0.2) is 30.5 Å². The summed E-state index contributed by atoms with van der Waals surface area (Å²) >= 11 is 12.3. The largest absolute Gasteiger partial charge is 0.487 e. The van der Waals surface area contributed by atoms with Crippen molar-refractivity contribution in [2.45, 2.75) is 19.3 Å². The second-order valence-electron chi connectivity index (χ2n) is 7.25. The minimum atomic E-state index is -1.11. The van der Waals surface area contributed by atoms with Gasteiger partial charge in [-0.15, -0.1) is 0 Å². The number of carbonyl (C=O) groups is 2. The van der Waals surface area contributed by atoms with Crippen LogP contribution in [0.3, 0.4) is 0 Å². The molecule has 2 N–H and O–H groups in total. The van der Waals surface area contributed by atoms with Crippen LogP contribution in [0.5, 0.6) is 11.6 Å². The minimum absolute atomic E-state index is 0.0466. The molecular formula is C21H22Cl2N2O6. The monoisotopic (exact) mass is 468 g/mol. The summed E-state index contributed by atoms with van der Waals surface area (Å²) in [5, 5.41) is 19.5. The lowest BCUT2D eigenvalue weighted by Gasteiger charge is -2.35. The van der Waals surface area contributed by atoms with Crippen molar-refractivity contribution in [2.24, 2.45) is 5.92 Å². The Labute approximate surface area is 189 Å². The van der Waals surface area contributed by atoms with Crippen molar-refractivity contribution in [3.8, 4) is 11.6 Å². The van der Waals surface area contributed by atoms with Crippen LogP contribution >= 0.6 is 23.2 Å². The van der Waals surface area contributed by atoms with Gasteiger partial charge < -0.3 is 24.6 Å². The number of rotatable bonds is 7. The number of ether oxygens (including phenoxy) is 2. The van der Waals surface area contributed by atoms with E-state index >= 15 is 0 Å². The number of benzene rings is 1. The number of amides is 1. The van der Waals surface area contributed by atoms with Crippen molar-refractivity contribution >= 4 is 35.3 Å². The number of carboxylic acid groups (broad SMARTS) is 2. The summed E-state index contributed by atoms with van der Waals surface area (Å²) in [6.07, 6.45) is 0.875. The molecule has 31 heavy (non-hydrogen) atoms. The van der Waals surface area contributed by atoms with Gasteiger partial charge in [0.2, 0.25) is 5.88 Å². The van der Waals surface area contributed by atoms with E-state index in [-0.39, 0.29) is 32.2 Å². The van der Waals surface area contributed by atoms with Crippen molar-refractivity contribution in [1.82, 2.24) is 9.88 Å². The third kappa shape index (κ3) is 5.71. The first-order valence-corrected chi connectivity index (χ1v) is 10.4. The zero-order chi connectivity index (χ0) is 22.5. The Bertz CT molecular complexity index is 930. The summed E-state index contributed by atoms with van der Waals surface area (Å²) in [4.78, 5) is 28.2. The maximum Gasteiger partial charge on any atom is 0.407 e. The average Bonchev–Trinajstić information content (AvgIpc) is 2.72. The molecule has 3 rings (SSSR count). The van der Waals surface area contributed by atoms with E-state index in [0.717, 1.165) is 16.0 Å². The number of pyridine rings is 1. The molecule has 2 aromatic rings. The van der Waals surface area contributed by atoms with Crippen LogP contribution in [0.2, 0.25) is 10.0 Å². The molecule has 0 radical (unpaired) electrons. The number of halogens is 2. The predicted octanol–water partition coefficient (Wildman–Crippen LogP) is 4.32. The Morgan fingerprint density at radius 2 is 1.84 bits per heavy atom. The molecule has 166 valence electrons. The highest BCUT2D eigenvalue weighted by molar-refractivity contribution is 6.37. The van der Waals surface area contributed by atoms with Gasteiger partial charge in [0, 0.05) is 31.3 Å². The van der Waals surface area contributed by atoms with Crippen molar-refractivity contribution in [2.75, 3.05) is 26.3 Å². The molecule has 2 heterocycles. The first-order chi connectivity index (χ1) is 14.8. The molecule has 1 aromatic carbocycles. The Morgan fingerprint density at radius 1 is 1.16 bits per heavy atom. The first kappa shape index (κ1) is 23.0. The van der Waals surface area contributed by atoms with Gasteiger partial charge in [0.15, 0.2) is 5.75 Å². The van der Waals surface area contributed by atoms with E-state index in [1.165, 1.54) is 0 Å². The summed E-state index contributed by atoms with van der Waals surface area (Å²) in [5.41, 5.74) is 1.67. The average molecular weight is 469 g/mol. The lowest BCUT2D eigenvalue weighted by molar-refractivity contribution is -0.144. The highest BCUT2D eigenvalue weighted by atomic mass is 35.5. The number of nitrogens with zero attached hydrogens (tertiary/aromatic N) is 2. The maximum atomic E-state index is 11.6. The van der Waals surface area contributed by atoms with Crippen molar-refractivity contribution < 1.29 is 29.3 Å². The molecule has 0 bridgehead atoms. The normalized spacial score (nSPS) is 18.5. The van der Waals surface area contributed by atoms with Gasteiger partial charge >= 0.3 is 12.1 Å². The molecule has 0 saturated carbocycles. The van der Waals surface area contributed by atoms with Crippen molar-refractivity contribution in [1.29, 1.82) is 0 Å². The Hall–Kier alpha value is -2.71. The molecule has 1 amide bonds. The van der Waals surface area contributed by atoms with Crippen LogP contribution < -0.4 is 9.47 Å². The number of carboxylic acids is 1. The van der Waals surface area contributed by atoms with Gasteiger partial charge in [-0.25, -0.2) is 9.78 Å². The number of hydrogen-bond donors (Lipinski definition) is 2. The van der Waals surface area contributed by atoms with E-state index in [1.54, 1.807) is 30.5 Å². The van der Waals surface area contributed by atoms with Gasteiger partial charge in [-0.2, -0.15) is 0 Å². The maximum absolute atomic E-state index is 11.6. The third-order valence-corrected chi connectivity index (χ3v) is 5.67. The molecule has 0 aliphatic carbocycles. The number of aromatic nitrogens is 1. The second kappa shape index (κ2) is 10.1. The number of piperidine rings is 1. The number of likely N-dealkylation sites (tertiary alicyclic amines) is 1. The molecular weight excluding hydrogens is 447 g/mol. The van der Waals surface area contributed by atoms with E-state index in [4.69, 9.17) is 37.8 Å². The molecule has 0 unspecified atom stereocenters. The fourth-order valence-electron chi connectivity index (χ4n) is 3.59. The smallest absolute Gasteiger partial charge is 0.407 e. The van der Waals surface area contributed by atoms with E-state index in [1.807, 2.05) is 6.92 Å². The van der Waals surface area contributed by atoms with Gasteiger partial charge in [0.1, 0.15) is 13.2 Å². The number of aliphatic carboxylic acids is 1. The number of hydrogen-bond acceptors (Lipinski definition) is 5. The van der Waals surface area contributed by atoms with Gasteiger partial charge in [-0.1, -0.05) is 29.3 Å². The molecule has 1 aliphatic heterocycles. The van der Waals surface area contributed by atoms with Gasteiger partial charge in [0.25, 0.3) is 0 Å². The van der Waals surface area contributed by atoms with E-state index in [0.29, 0.717) is 28.1 Å². The second-order valence-corrected chi connectivity index (χ2v) is 8.07. The van der Waals surface area contributed by atoms with Crippen LogP contribution in [-0.2, 0) is 4.79 Å². The molecule has 2 atom stereocenters. The lowest BCUT2D eigenvalue weighted by Crippen LogP contribution is -2.45. The lowest BCUT2D eigenvalue weighted by atomic mass is 9.81. The molecule has 8 nitrogen and oxygen atoms in total. The molecule has 1 aromatic heterocycles. The van der Waals surface area contributed by atoms with Crippen LogP contribution in [0, 0.1) is 12.8 Å². The first-order valence-electron chi connectivity index (χ1n) is 9.64. The molecule has 1 fully saturated rings. The zero-order valence-electron chi connectivity index (χ0n) is 16.8. The summed E-state index contributed by atoms with van der Waals surface area (Å²) in [7, 11) is 0. The summed E-state index contributed by atoms with van der Waals surface area (Å²) < 4.78 is 11.2. The zero-order valence-corrected chi connectivity index (χ0v) is 18.3. The van der Waals surface area contributed by atoms with E-state index in [2.05, 4.69) is 4.98 Å². The fraction of sp³-hybridized carbons (Fsp3) is 0.381. The summed E-state index contributed by atoms with van der Waals surface area (Å²) in [6, 6.07) is 6.93. The molecule has 10 heteroatoms. The number of aryl methyl sites for hydroxylation is 1. The van der Waals surface area contributed by atoms with E-state index in [9.17, 15) is 14.7 Å². The highest BCUT2D eigenvalue weighted by Gasteiger charge is 2.37. The van der Waals surface area contributed by atoms with Crippen LogP contribution in [0.25, 0.3) is 0 Å². The predicted molar refractivity (Wildman–Crippen MR) is 115 cm³/mol. The van der Waals surface area contributed by atoms with Crippen molar-refractivity contribution in [3.63, 3.8) is 0 Å². The molecule has 1 saturated heterocycles. The molecule has 0 spiro atoms. The minimum Gasteiger partial charge on any atom is -0.487 e. The Balaban J connectivity index is 1.55. The SMILES string of the molecule is Cc1cc(Cl)c(OCCOc2ccc([C@H]3CCN(C(=O)O)C[C@@H]3C(=O)O)cn2)c(Cl)c1. The van der Waals surface area contributed by atoms with Crippen LogP contribution in [0.1, 0.15) is 23.5 Å². The molecule has 1 aliphatic rings. The van der Waals surface area contributed by atoms with Gasteiger partial charge in [-0.05, 0) is 36.6 Å². The van der Waals surface area contributed by atoms with Crippen LogP contribution in [-0.4, -0.2) is 58.5 Å². The van der Waals surface area contributed by atoms with Crippen LogP contribution in [0.4, 0.5) is 4.79 Å². The Kier molecular flexibility index (Phi) is 7.46.